The van der Waals surface area contributed by atoms with E-state index in [0.29, 0.717) is 19.6 Å². The fourth-order valence-corrected chi connectivity index (χ4v) is 1.87. The molecule has 0 aromatic heterocycles. The van der Waals surface area contributed by atoms with Crippen LogP contribution in [0.2, 0.25) is 0 Å². The smallest absolute Gasteiger partial charge is 0.253 e. The molecule has 0 saturated heterocycles. The van der Waals surface area contributed by atoms with E-state index >= 15 is 0 Å². The van der Waals surface area contributed by atoms with Crippen LogP contribution in [0.15, 0.2) is 24.3 Å². The minimum Gasteiger partial charge on any atom is -0.338 e. The molecule has 0 atom stereocenters. The molecule has 100 valence electrons. The number of rotatable bonds is 5. The first-order valence-electron chi connectivity index (χ1n) is 6.45. The Kier molecular flexibility index (Phi) is 4.91. The van der Waals surface area contributed by atoms with E-state index in [1.54, 1.807) is 0 Å². The minimum absolute atomic E-state index is 0.0461. The number of nitrogens with zero attached hydrogens (tertiary/aromatic N) is 1. The van der Waals surface area contributed by atoms with Crippen LogP contribution in [0.4, 0.5) is 0 Å². The van der Waals surface area contributed by atoms with Gasteiger partial charge >= 0.3 is 0 Å². The summed E-state index contributed by atoms with van der Waals surface area (Å²) in [6.07, 6.45) is 0. The van der Waals surface area contributed by atoms with Crippen molar-refractivity contribution >= 4 is 5.91 Å². The van der Waals surface area contributed by atoms with E-state index in [1.807, 2.05) is 43.0 Å². The predicted octanol–water partition coefficient (Wildman–Crippen LogP) is 2.44. The zero-order chi connectivity index (χ0) is 13.8. The molecular formula is C15H24N2O. The average molecular weight is 248 g/mol. The molecule has 0 aliphatic carbocycles. The highest BCUT2D eigenvalue weighted by Gasteiger charge is 2.23. The van der Waals surface area contributed by atoms with Gasteiger partial charge in [-0.25, -0.2) is 0 Å². The van der Waals surface area contributed by atoms with Gasteiger partial charge in [-0.2, -0.15) is 0 Å². The Bertz CT molecular complexity index is 413. The van der Waals surface area contributed by atoms with E-state index in [-0.39, 0.29) is 11.3 Å². The van der Waals surface area contributed by atoms with E-state index in [4.69, 9.17) is 5.73 Å². The Morgan fingerprint density at radius 3 is 2.56 bits per heavy atom. The van der Waals surface area contributed by atoms with Crippen LogP contribution in [-0.4, -0.2) is 30.4 Å². The van der Waals surface area contributed by atoms with Crippen LogP contribution in [0.25, 0.3) is 0 Å². The van der Waals surface area contributed by atoms with E-state index in [1.165, 1.54) is 0 Å². The van der Waals surface area contributed by atoms with Crippen molar-refractivity contribution in [3.05, 3.63) is 35.4 Å². The van der Waals surface area contributed by atoms with E-state index < -0.39 is 0 Å². The van der Waals surface area contributed by atoms with Crippen LogP contribution in [0.3, 0.4) is 0 Å². The SMILES string of the molecule is CCN(CC(C)(C)CN)C(=O)c1cccc(C)c1. The van der Waals surface area contributed by atoms with Crippen LogP contribution >= 0.6 is 0 Å². The van der Waals surface area contributed by atoms with Gasteiger partial charge in [-0.3, -0.25) is 4.79 Å². The van der Waals surface area contributed by atoms with E-state index in [9.17, 15) is 4.79 Å². The van der Waals surface area contributed by atoms with Crippen molar-refractivity contribution < 1.29 is 4.79 Å². The number of amides is 1. The van der Waals surface area contributed by atoms with Crippen molar-refractivity contribution in [2.75, 3.05) is 19.6 Å². The molecular weight excluding hydrogens is 224 g/mol. The van der Waals surface area contributed by atoms with Gasteiger partial charge in [-0.05, 0) is 37.9 Å². The topological polar surface area (TPSA) is 46.3 Å². The second-order valence-corrected chi connectivity index (χ2v) is 5.56. The van der Waals surface area contributed by atoms with Gasteiger partial charge in [0.25, 0.3) is 5.91 Å². The van der Waals surface area contributed by atoms with Crippen molar-refractivity contribution in [1.82, 2.24) is 4.90 Å². The van der Waals surface area contributed by atoms with Gasteiger partial charge in [0.15, 0.2) is 0 Å². The van der Waals surface area contributed by atoms with Gasteiger partial charge < -0.3 is 10.6 Å². The molecule has 3 nitrogen and oxygen atoms in total. The molecule has 1 rings (SSSR count). The van der Waals surface area contributed by atoms with Crippen LogP contribution in [-0.2, 0) is 0 Å². The van der Waals surface area contributed by atoms with Crippen LogP contribution in [0.1, 0.15) is 36.7 Å². The predicted molar refractivity (Wildman–Crippen MR) is 75.6 cm³/mol. The summed E-state index contributed by atoms with van der Waals surface area (Å²) in [5.41, 5.74) is 7.55. The highest BCUT2D eigenvalue weighted by Crippen LogP contribution is 2.17. The second kappa shape index (κ2) is 6.01. The molecule has 0 radical (unpaired) electrons. The van der Waals surface area contributed by atoms with Gasteiger partial charge in [0, 0.05) is 18.7 Å². The Morgan fingerprint density at radius 1 is 1.39 bits per heavy atom. The minimum atomic E-state index is -0.0461. The zero-order valence-corrected chi connectivity index (χ0v) is 11.9. The van der Waals surface area contributed by atoms with E-state index in [2.05, 4.69) is 13.8 Å². The number of hydrogen-bond acceptors (Lipinski definition) is 2. The fourth-order valence-electron chi connectivity index (χ4n) is 1.87. The number of benzene rings is 1. The number of carbonyl (C=O) groups excluding carboxylic acids is 1. The number of nitrogens with two attached hydrogens (primary N) is 1. The van der Waals surface area contributed by atoms with Gasteiger partial charge in [0.05, 0.1) is 0 Å². The van der Waals surface area contributed by atoms with Gasteiger partial charge in [-0.1, -0.05) is 31.5 Å². The fraction of sp³-hybridized carbons (Fsp3) is 0.533. The maximum atomic E-state index is 12.4. The summed E-state index contributed by atoms with van der Waals surface area (Å²) in [5.74, 6) is 0.0859. The molecule has 1 aromatic rings. The summed E-state index contributed by atoms with van der Waals surface area (Å²) in [5, 5.41) is 0. The third-order valence-corrected chi connectivity index (χ3v) is 3.11. The first-order valence-corrected chi connectivity index (χ1v) is 6.45. The Balaban J connectivity index is 2.86. The summed E-state index contributed by atoms with van der Waals surface area (Å²) in [4.78, 5) is 14.3. The molecule has 1 amide bonds. The molecule has 0 fully saturated rings. The molecule has 1 aromatic carbocycles. The molecule has 0 spiro atoms. The Morgan fingerprint density at radius 2 is 2.06 bits per heavy atom. The van der Waals surface area contributed by atoms with Crippen LogP contribution in [0.5, 0.6) is 0 Å². The van der Waals surface area contributed by atoms with Gasteiger partial charge in [0.2, 0.25) is 0 Å². The zero-order valence-electron chi connectivity index (χ0n) is 11.9. The lowest BCUT2D eigenvalue weighted by Crippen LogP contribution is -2.42. The maximum absolute atomic E-state index is 12.4. The molecule has 0 heterocycles. The van der Waals surface area contributed by atoms with Gasteiger partial charge in [0.1, 0.15) is 0 Å². The van der Waals surface area contributed by atoms with Gasteiger partial charge in [-0.15, -0.1) is 0 Å². The molecule has 18 heavy (non-hydrogen) atoms. The summed E-state index contributed by atoms with van der Waals surface area (Å²) in [6.45, 7) is 10.1. The van der Waals surface area contributed by atoms with Crippen molar-refractivity contribution in [2.24, 2.45) is 11.1 Å². The molecule has 0 aliphatic heterocycles. The number of hydrogen-bond donors (Lipinski definition) is 1. The van der Waals surface area contributed by atoms with Crippen LogP contribution < -0.4 is 5.73 Å². The monoisotopic (exact) mass is 248 g/mol. The van der Waals surface area contributed by atoms with Crippen molar-refractivity contribution in [2.45, 2.75) is 27.7 Å². The first kappa shape index (κ1) is 14.7. The highest BCUT2D eigenvalue weighted by atomic mass is 16.2. The normalized spacial score (nSPS) is 11.4. The Hall–Kier alpha value is -1.35. The first-order chi connectivity index (χ1) is 8.39. The molecule has 2 N–H and O–H groups in total. The third-order valence-electron chi connectivity index (χ3n) is 3.11. The van der Waals surface area contributed by atoms with Crippen molar-refractivity contribution in [3.63, 3.8) is 0 Å². The maximum Gasteiger partial charge on any atom is 0.253 e. The lowest BCUT2D eigenvalue weighted by molar-refractivity contribution is 0.0701. The van der Waals surface area contributed by atoms with E-state index in [0.717, 1.165) is 11.1 Å². The molecule has 0 unspecified atom stereocenters. The molecule has 0 saturated carbocycles. The summed E-state index contributed by atoms with van der Waals surface area (Å²) < 4.78 is 0. The summed E-state index contributed by atoms with van der Waals surface area (Å²) in [6, 6.07) is 7.72. The lowest BCUT2D eigenvalue weighted by Gasteiger charge is -2.31. The number of aryl methyl sites for hydroxylation is 1. The lowest BCUT2D eigenvalue weighted by atomic mass is 9.93. The van der Waals surface area contributed by atoms with Crippen LogP contribution in [0, 0.1) is 12.3 Å². The molecule has 3 heteroatoms. The molecule has 0 aliphatic rings. The van der Waals surface area contributed by atoms with Crippen molar-refractivity contribution in [3.8, 4) is 0 Å². The Labute approximate surface area is 110 Å². The summed E-state index contributed by atoms with van der Waals surface area (Å²) in [7, 11) is 0. The second-order valence-electron chi connectivity index (χ2n) is 5.56. The largest absolute Gasteiger partial charge is 0.338 e. The molecule has 0 bridgehead atoms. The standard InChI is InChI=1S/C15H24N2O/c1-5-17(11-15(3,4)10-16)14(18)13-8-6-7-12(2)9-13/h6-9H,5,10-11,16H2,1-4H3. The van der Waals surface area contributed by atoms with Crippen molar-refractivity contribution in [1.29, 1.82) is 0 Å². The highest BCUT2D eigenvalue weighted by molar-refractivity contribution is 5.94. The number of carbonyl (C=O) groups is 1. The quantitative estimate of drug-likeness (QED) is 0.870. The average Bonchev–Trinajstić information content (AvgIpc) is 2.35. The third kappa shape index (κ3) is 3.84. The summed E-state index contributed by atoms with van der Waals surface area (Å²) >= 11 is 0.